The lowest BCUT2D eigenvalue weighted by Crippen LogP contribution is -2.43. The Labute approximate surface area is 188 Å². The van der Waals surface area contributed by atoms with E-state index in [-0.39, 0.29) is 17.9 Å². The summed E-state index contributed by atoms with van der Waals surface area (Å²) in [5, 5.41) is 3.81. The molecule has 166 valence electrons. The minimum Gasteiger partial charge on any atom is -0.368 e. The van der Waals surface area contributed by atoms with Gasteiger partial charge in [-0.15, -0.1) is 0 Å². The minimum atomic E-state index is -0.371. The first-order chi connectivity index (χ1) is 15.5. The Kier molecular flexibility index (Phi) is 6.81. The Morgan fingerprint density at radius 1 is 1.12 bits per heavy atom. The first-order valence-corrected chi connectivity index (χ1v) is 11.1. The van der Waals surface area contributed by atoms with E-state index >= 15 is 0 Å². The third kappa shape index (κ3) is 5.14. The number of amides is 2. The molecule has 3 aromatic rings. The molecule has 1 aliphatic heterocycles. The van der Waals surface area contributed by atoms with Crippen LogP contribution in [0.1, 0.15) is 41.6 Å². The summed E-state index contributed by atoms with van der Waals surface area (Å²) >= 11 is 0. The van der Waals surface area contributed by atoms with Crippen molar-refractivity contribution in [2.75, 3.05) is 26.2 Å². The number of carbonyl (C=O) groups is 2. The average Bonchev–Trinajstić information content (AvgIpc) is 2.82. The molecule has 0 spiro atoms. The molecule has 6 heteroatoms. The van der Waals surface area contributed by atoms with Crippen molar-refractivity contribution < 1.29 is 14.3 Å². The number of fused-ring (bicyclic) bond motifs is 1. The van der Waals surface area contributed by atoms with Crippen molar-refractivity contribution in [1.82, 2.24) is 15.2 Å². The zero-order valence-electron chi connectivity index (χ0n) is 18.6. The monoisotopic (exact) mass is 431 g/mol. The van der Waals surface area contributed by atoms with E-state index in [0.717, 1.165) is 16.5 Å². The number of nitrogens with zero attached hydrogens (tertiary/aromatic N) is 2. The predicted molar refractivity (Wildman–Crippen MR) is 124 cm³/mol. The number of hydrogen-bond donors (Lipinski definition) is 1. The highest BCUT2D eigenvalue weighted by molar-refractivity contribution is 6.06. The van der Waals surface area contributed by atoms with Crippen LogP contribution in [0.3, 0.4) is 0 Å². The van der Waals surface area contributed by atoms with Crippen molar-refractivity contribution in [3.8, 4) is 0 Å². The molecule has 0 aliphatic carbocycles. The molecule has 2 aromatic carbocycles. The third-order valence-corrected chi connectivity index (χ3v) is 5.60. The van der Waals surface area contributed by atoms with E-state index in [2.05, 4.69) is 19.2 Å². The Morgan fingerprint density at radius 3 is 2.66 bits per heavy atom. The summed E-state index contributed by atoms with van der Waals surface area (Å²) in [5.41, 5.74) is 3.00. The molecular weight excluding hydrogens is 402 g/mol. The number of pyridine rings is 1. The zero-order chi connectivity index (χ0) is 22.5. The van der Waals surface area contributed by atoms with Crippen LogP contribution in [0.5, 0.6) is 0 Å². The van der Waals surface area contributed by atoms with Crippen molar-refractivity contribution in [3.63, 3.8) is 0 Å². The van der Waals surface area contributed by atoms with E-state index in [1.165, 1.54) is 0 Å². The number of aromatic nitrogens is 1. The van der Waals surface area contributed by atoms with Crippen molar-refractivity contribution in [3.05, 3.63) is 77.5 Å². The van der Waals surface area contributed by atoms with E-state index in [4.69, 9.17) is 9.72 Å². The van der Waals surface area contributed by atoms with Crippen LogP contribution in [0.2, 0.25) is 0 Å². The maximum Gasteiger partial charge on any atom is 0.252 e. The summed E-state index contributed by atoms with van der Waals surface area (Å²) in [6.45, 7) is 6.14. The normalized spacial score (nSPS) is 16.3. The van der Waals surface area contributed by atoms with Crippen molar-refractivity contribution in [1.29, 1.82) is 0 Å². The fraction of sp³-hybridized carbons (Fsp3) is 0.346. The summed E-state index contributed by atoms with van der Waals surface area (Å²) < 4.78 is 5.99. The minimum absolute atomic E-state index is 0.0696. The van der Waals surface area contributed by atoms with Gasteiger partial charge in [-0.1, -0.05) is 62.4 Å². The number of morpholine rings is 1. The first-order valence-electron chi connectivity index (χ1n) is 11.1. The van der Waals surface area contributed by atoms with E-state index in [0.29, 0.717) is 49.8 Å². The lowest BCUT2D eigenvalue weighted by molar-refractivity contribution is -0.138. The van der Waals surface area contributed by atoms with E-state index in [9.17, 15) is 9.59 Å². The highest BCUT2D eigenvalue weighted by atomic mass is 16.5. The number of hydrogen-bond acceptors (Lipinski definition) is 4. The molecule has 1 atom stereocenters. The van der Waals surface area contributed by atoms with Crippen LogP contribution >= 0.6 is 0 Å². The fourth-order valence-electron chi connectivity index (χ4n) is 3.88. The molecule has 1 N–H and O–H groups in total. The summed E-state index contributed by atoms with van der Waals surface area (Å²) in [5.74, 6) is 0.309. The van der Waals surface area contributed by atoms with Gasteiger partial charge in [0.2, 0.25) is 5.91 Å². The maximum absolute atomic E-state index is 12.9. The van der Waals surface area contributed by atoms with Gasteiger partial charge in [0.1, 0.15) is 6.10 Å². The Balaban J connectivity index is 1.57. The molecule has 1 unspecified atom stereocenters. The van der Waals surface area contributed by atoms with Crippen LogP contribution < -0.4 is 5.32 Å². The molecule has 32 heavy (non-hydrogen) atoms. The van der Waals surface area contributed by atoms with Crippen LogP contribution in [0.4, 0.5) is 0 Å². The van der Waals surface area contributed by atoms with Gasteiger partial charge >= 0.3 is 0 Å². The number of para-hydroxylation sites is 1. The molecule has 1 aromatic heterocycles. The summed E-state index contributed by atoms with van der Waals surface area (Å²) in [7, 11) is 0. The van der Waals surface area contributed by atoms with Crippen molar-refractivity contribution in [2.45, 2.75) is 26.4 Å². The first kappa shape index (κ1) is 22.0. The SMILES string of the molecule is CC(C)CNC(=O)c1cc(C2CN(C(=O)Cc3ccccc3)CCO2)nc2ccccc12. The second kappa shape index (κ2) is 9.92. The number of benzene rings is 2. The highest BCUT2D eigenvalue weighted by Crippen LogP contribution is 2.26. The number of nitrogens with one attached hydrogen (secondary N) is 1. The van der Waals surface area contributed by atoms with Gasteiger partial charge < -0.3 is 15.0 Å². The third-order valence-electron chi connectivity index (χ3n) is 5.60. The summed E-state index contributed by atoms with van der Waals surface area (Å²) in [6, 6.07) is 19.2. The quantitative estimate of drug-likeness (QED) is 0.645. The van der Waals surface area contributed by atoms with Gasteiger partial charge in [-0.3, -0.25) is 9.59 Å². The van der Waals surface area contributed by atoms with Gasteiger partial charge in [-0.05, 0) is 23.6 Å². The summed E-state index contributed by atoms with van der Waals surface area (Å²) in [6.07, 6.45) is -0.00796. The molecule has 0 radical (unpaired) electrons. The van der Waals surface area contributed by atoms with Crippen LogP contribution in [-0.4, -0.2) is 47.9 Å². The van der Waals surface area contributed by atoms with Gasteiger partial charge in [0.05, 0.1) is 36.3 Å². The van der Waals surface area contributed by atoms with Crippen molar-refractivity contribution in [2.24, 2.45) is 5.92 Å². The van der Waals surface area contributed by atoms with E-state index in [1.54, 1.807) is 0 Å². The molecule has 1 fully saturated rings. The van der Waals surface area contributed by atoms with E-state index in [1.807, 2.05) is 65.6 Å². The van der Waals surface area contributed by atoms with Crippen LogP contribution in [0.25, 0.3) is 10.9 Å². The van der Waals surface area contributed by atoms with Crippen molar-refractivity contribution >= 4 is 22.7 Å². The van der Waals surface area contributed by atoms with Crippen LogP contribution in [0, 0.1) is 5.92 Å². The Morgan fingerprint density at radius 2 is 1.88 bits per heavy atom. The van der Waals surface area contributed by atoms with Gasteiger partial charge in [-0.2, -0.15) is 0 Å². The van der Waals surface area contributed by atoms with E-state index < -0.39 is 0 Å². The smallest absolute Gasteiger partial charge is 0.252 e. The standard InChI is InChI=1S/C26H29N3O3/c1-18(2)16-27-26(31)21-15-23(28-22-11-7-6-10-20(21)22)24-17-29(12-13-32-24)25(30)14-19-8-4-3-5-9-19/h3-11,15,18,24H,12-14,16-17H2,1-2H3,(H,27,31). The molecule has 4 rings (SSSR count). The molecule has 0 bridgehead atoms. The van der Waals surface area contributed by atoms with Crippen LogP contribution in [0.15, 0.2) is 60.7 Å². The lowest BCUT2D eigenvalue weighted by Gasteiger charge is -2.33. The number of carbonyl (C=O) groups excluding carboxylic acids is 2. The maximum atomic E-state index is 12.9. The lowest BCUT2D eigenvalue weighted by atomic mass is 10.0. The molecule has 0 saturated carbocycles. The van der Waals surface area contributed by atoms with Gasteiger partial charge in [0.25, 0.3) is 5.91 Å². The van der Waals surface area contributed by atoms with Gasteiger partial charge in [0, 0.05) is 18.5 Å². The molecule has 1 aliphatic rings. The molecule has 2 heterocycles. The van der Waals surface area contributed by atoms with Crippen LogP contribution in [-0.2, 0) is 16.0 Å². The highest BCUT2D eigenvalue weighted by Gasteiger charge is 2.27. The average molecular weight is 432 g/mol. The number of ether oxygens (including phenoxy) is 1. The summed E-state index contributed by atoms with van der Waals surface area (Å²) in [4.78, 5) is 32.4. The van der Waals surface area contributed by atoms with Gasteiger partial charge in [0.15, 0.2) is 0 Å². The second-order valence-corrected chi connectivity index (χ2v) is 8.58. The second-order valence-electron chi connectivity index (χ2n) is 8.58. The molecule has 2 amide bonds. The molecule has 1 saturated heterocycles. The largest absolute Gasteiger partial charge is 0.368 e. The Bertz CT molecular complexity index is 1100. The van der Waals surface area contributed by atoms with Gasteiger partial charge in [-0.25, -0.2) is 4.98 Å². The molecular formula is C26H29N3O3. The predicted octanol–water partition coefficient (Wildman–Crippen LogP) is 3.76. The number of rotatable bonds is 6. The molecule has 6 nitrogen and oxygen atoms in total. The fourth-order valence-corrected chi connectivity index (χ4v) is 3.88. The topological polar surface area (TPSA) is 71.5 Å². The Hall–Kier alpha value is -3.25. The zero-order valence-corrected chi connectivity index (χ0v) is 18.6.